The van der Waals surface area contributed by atoms with Gasteiger partial charge in [0.05, 0.1) is 0 Å². The molecule has 5 heteroatoms. The Morgan fingerprint density at radius 1 is 0.969 bits per heavy atom. The van der Waals surface area contributed by atoms with E-state index in [4.69, 9.17) is 9.47 Å². The maximum absolute atomic E-state index is 12.5. The highest BCUT2D eigenvalue weighted by molar-refractivity contribution is 5.86. The lowest BCUT2D eigenvalue weighted by Crippen LogP contribution is -2.41. The number of carbonyl (C=O) groups is 1. The molecule has 0 atom stereocenters. The number of hydrogen-bond donors (Lipinski definition) is 0. The van der Waals surface area contributed by atoms with Gasteiger partial charge in [-0.2, -0.15) is 0 Å². The summed E-state index contributed by atoms with van der Waals surface area (Å²) in [6.07, 6.45) is 2.01. The molecule has 5 nitrogen and oxygen atoms in total. The van der Waals surface area contributed by atoms with Gasteiger partial charge in [0, 0.05) is 32.7 Å². The molecule has 1 fully saturated rings. The predicted octanol–water partition coefficient (Wildman–Crippen LogP) is 5.72. The van der Waals surface area contributed by atoms with Crippen LogP contribution in [0.15, 0.2) is 66.7 Å². The molecule has 32 heavy (non-hydrogen) atoms. The zero-order valence-electron chi connectivity index (χ0n) is 19.2. The molecule has 0 radical (unpaired) electrons. The molecule has 1 heterocycles. The van der Waals surface area contributed by atoms with Crippen molar-refractivity contribution in [3.63, 3.8) is 0 Å². The van der Waals surface area contributed by atoms with E-state index in [0.717, 1.165) is 48.0 Å². The Labute approximate surface area is 190 Å². The SMILES string of the molecule is CC(C)N1CCC(Oc2ccc3cc(OC(=O)N(C)Cc4ccccc4)ccc3c2)CC1. The minimum absolute atomic E-state index is 0.267. The molecule has 0 aliphatic carbocycles. The summed E-state index contributed by atoms with van der Waals surface area (Å²) in [5, 5.41) is 2.09. The van der Waals surface area contributed by atoms with Crippen LogP contribution in [-0.4, -0.2) is 48.2 Å². The van der Waals surface area contributed by atoms with Crippen LogP contribution >= 0.6 is 0 Å². The van der Waals surface area contributed by atoms with Gasteiger partial charge in [0.2, 0.25) is 0 Å². The summed E-state index contributed by atoms with van der Waals surface area (Å²) in [5.41, 5.74) is 1.06. The molecule has 4 rings (SSSR count). The van der Waals surface area contributed by atoms with Gasteiger partial charge in [0.15, 0.2) is 0 Å². The van der Waals surface area contributed by atoms with Crippen molar-refractivity contribution in [3.8, 4) is 11.5 Å². The first-order chi connectivity index (χ1) is 15.5. The van der Waals surface area contributed by atoms with Crippen LogP contribution in [0.1, 0.15) is 32.3 Å². The minimum atomic E-state index is -0.374. The van der Waals surface area contributed by atoms with E-state index < -0.39 is 0 Å². The number of ether oxygens (including phenoxy) is 2. The topological polar surface area (TPSA) is 42.0 Å². The second kappa shape index (κ2) is 10.0. The van der Waals surface area contributed by atoms with Crippen LogP contribution in [0.3, 0.4) is 0 Å². The maximum Gasteiger partial charge on any atom is 0.415 e. The molecule has 1 saturated heterocycles. The second-order valence-corrected chi connectivity index (χ2v) is 8.83. The van der Waals surface area contributed by atoms with E-state index in [0.29, 0.717) is 18.3 Å². The van der Waals surface area contributed by atoms with Gasteiger partial charge in [0.1, 0.15) is 17.6 Å². The first-order valence-corrected chi connectivity index (χ1v) is 11.4. The van der Waals surface area contributed by atoms with E-state index >= 15 is 0 Å². The van der Waals surface area contributed by atoms with Gasteiger partial charge in [-0.15, -0.1) is 0 Å². The first-order valence-electron chi connectivity index (χ1n) is 11.4. The van der Waals surface area contributed by atoms with Crippen LogP contribution in [0.2, 0.25) is 0 Å². The molecular formula is C27H32N2O3. The van der Waals surface area contributed by atoms with Gasteiger partial charge >= 0.3 is 6.09 Å². The third kappa shape index (κ3) is 5.60. The van der Waals surface area contributed by atoms with Crippen LogP contribution in [0.5, 0.6) is 11.5 Å². The zero-order valence-corrected chi connectivity index (χ0v) is 19.2. The molecule has 0 bridgehead atoms. The molecule has 0 saturated carbocycles. The smallest absolute Gasteiger partial charge is 0.415 e. The molecule has 1 aliphatic rings. The fraction of sp³-hybridized carbons (Fsp3) is 0.370. The van der Waals surface area contributed by atoms with Crippen LogP contribution < -0.4 is 9.47 Å². The van der Waals surface area contributed by atoms with Crippen LogP contribution in [0.4, 0.5) is 4.79 Å². The van der Waals surface area contributed by atoms with Crippen molar-refractivity contribution in [3.05, 3.63) is 72.3 Å². The summed E-state index contributed by atoms with van der Waals surface area (Å²) in [7, 11) is 1.74. The molecule has 1 aliphatic heterocycles. The molecule has 168 valence electrons. The fourth-order valence-electron chi connectivity index (χ4n) is 4.14. The lowest BCUT2D eigenvalue weighted by molar-refractivity contribution is 0.0844. The molecule has 0 aromatic heterocycles. The van der Waals surface area contributed by atoms with Gasteiger partial charge in [-0.1, -0.05) is 42.5 Å². The number of hydrogen-bond acceptors (Lipinski definition) is 4. The molecule has 1 amide bonds. The Morgan fingerprint density at radius 3 is 2.25 bits per heavy atom. The Kier molecular flexibility index (Phi) is 6.96. The van der Waals surface area contributed by atoms with E-state index in [9.17, 15) is 4.79 Å². The second-order valence-electron chi connectivity index (χ2n) is 8.83. The third-order valence-corrected chi connectivity index (χ3v) is 6.07. The van der Waals surface area contributed by atoms with Gasteiger partial charge in [-0.05, 0) is 67.3 Å². The summed E-state index contributed by atoms with van der Waals surface area (Å²) >= 11 is 0. The number of nitrogens with zero attached hydrogens (tertiary/aromatic N) is 2. The van der Waals surface area contributed by atoms with Crippen molar-refractivity contribution in [2.75, 3.05) is 20.1 Å². The monoisotopic (exact) mass is 432 g/mol. The molecule has 0 N–H and O–H groups in total. The minimum Gasteiger partial charge on any atom is -0.490 e. The summed E-state index contributed by atoms with van der Waals surface area (Å²) in [4.78, 5) is 16.5. The summed E-state index contributed by atoms with van der Waals surface area (Å²) in [5.74, 6) is 1.44. The van der Waals surface area contributed by atoms with Crippen LogP contribution in [0, 0.1) is 0 Å². The Morgan fingerprint density at radius 2 is 1.59 bits per heavy atom. The maximum atomic E-state index is 12.5. The van der Waals surface area contributed by atoms with Crippen molar-refractivity contribution >= 4 is 16.9 Å². The molecule has 3 aromatic carbocycles. The lowest BCUT2D eigenvalue weighted by atomic mass is 10.1. The summed E-state index contributed by atoms with van der Waals surface area (Å²) in [6, 6.07) is 22.3. The predicted molar refractivity (Wildman–Crippen MR) is 128 cm³/mol. The van der Waals surface area contributed by atoms with Crippen molar-refractivity contribution in [1.29, 1.82) is 0 Å². The Hall–Kier alpha value is -3.05. The highest BCUT2D eigenvalue weighted by atomic mass is 16.6. The van der Waals surface area contributed by atoms with E-state index in [1.165, 1.54) is 0 Å². The molecule has 0 unspecified atom stereocenters. The van der Waals surface area contributed by atoms with Crippen molar-refractivity contribution in [2.24, 2.45) is 0 Å². The Bertz CT molecular complexity index is 1040. The number of likely N-dealkylation sites (tertiary alicyclic amines) is 1. The quantitative estimate of drug-likeness (QED) is 0.499. The summed E-state index contributed by atoms with van der Waals surface area (Å²) < 4.78 is 11.8. The third-order valence-electron chi connectivity index (χ3n) is 6.07. The standard InChI is InChI=1S/C27H32N2O3/c1-20(2)29-15-13-24(14-16-29)31-25-11-9-23-18-26(12-10-22(23)17-25)32-27(30)28(3)19-21-7-5-4-6-8-21/h4-12,17-18,20,24H,13-16,19H2,1-3H3. The average molecular weight is 433 g/mol. The normalized spacial score (nSPS) is 15.1. The van der Waals surface area contributed by atoms with E-state index in [1.807, 2.05) is 60.7 Å². The molecule has 3 aromatic rings. The lowest BCUT2D eigenvalue weighted by Gasteiger charge is -2.34. The number of rotatable bonds is 6. The first kappa shape index (κ1) is 22.2. The Balaban J connectivity index is 1.36. The van der Waals surface area contributed by atoms with Gasteiger partial charge in [0.25, 0.3) is 0 Å². The van der Waals surface area contributed by atoms with Gasteiger partial charge in [-0.3, -0.25) is 0 Å². The van der Waals surface area contributed by atoms with Crippen LogP contribution in [0.25, 0.3) is 10.8 Å². The van der Waals surface area contributed by atoms with Gasteiger partial charge < -0.3 is 19.3 Å². The van der Waals surface area contributed by atoms with Crippen molar-refractivity contribution in [2.45, 2.75) is 45.4 Å². The number of fused-ring (bicyclic) bond motifs is 1. The van der Waals surface area contributed by atoms with E-state index in [-0.39, 0.29) is 12.2 Å². The number of amides is 1. The number of carbonyl (C=O) groups excluding carboxylic acids is 1. The molecular weight excluding hydrogens is 400 g/mol. The highest BCUT2D eigenvalue weighted by Crippen LogP contribution is 2.27. The van der Waals surface area contributed by atoms with Gasteiger partial charge in [-0.25, -0.2) is 4.79 Å². The number of benzene rings is 3. The van der Waals surface area contributed by atoms with E-state index in [2.05, 4.69) is 24.8 Å². The largest absolute Gasteiger partial charge is 0.490 e. The van der Waals surface area contributed by atoms with Crippen LogP contribution in [-0.2, 0) is 6.54 Å². The summed E-state index contributed by atoms with van der Waals surface area (Å²) in [6.45, 7) is 7.17. The fourth-order valence-corrected chi connectivity index (χ4v) is 4.14. The highest BCUT2D eigenvalue weighted by Gasteiger charge is 2.22. The van der Waals surface area contributed by atoms with E-state index in [1.54, 1.807) is 11.9 Å². The average Bonchev–Trinajstić information content (AvgIpc) is 2.80. The molecule has 0 spiro atoms. The number of piperidine rings is 1. The van der Waals surface area contributed by atoms with Crippen molar-refractivity contribution < 1.29 is 14.3 Å². The zero-order chi connectivity index (χ0) is 22.5. The van der Waals surface area contributed by atoms with Crippen molar-refractivity contribution in [1.82, 2.24) is 9.80 Å².